The lowest BCUT2D eigenvalue weighted by molar-refractivity contribution is 0.299. The van der Waals surface area contributed by atoms with E-state index in [2.05, 4.69) is 43.2 Å². The maximum absolute atomic E-state index is 4.44. The molecule has 1 N–H and O–H groups in total. The first-order valence-corrected chi connectivity index (χ1v) is 5.94. The molecule has 1 saturated heterocycles. The third-order valence-electron chi connectivity index (χ3n) is 2.91. The molecule has 1 aromatic heterocycles. The van der Waals surface area contributed by atoms with Crippen molar-refractivity contribution in [2.24, 2.45) is 5.92 Å². The topological polar surface area (TPSA) is 29.9 Å². The zero-order valence-electron chi connectivity index (χ0n) is 8.28. The molecule has 0 atom stereocenters. The minimum atomic E-state index is 0.736. The molecule has 78 valence electrons. The van der Waals surface area contributed by atoms with E-state index < -0.39 is 0 Å². The molecule has 0 radical (unpaired) electrons. The number of halogens is 1. The molecule has 0 bridgehead atoms. The number of para-hydroxylation sites is 1. The van der Waals surface area contributed by atoms with Crippen LogP contribution in [0.15, 0.2) is 28.9 Å². The van der Waals surface area contributed by atoms with Gasteiger partial charge in [0.25, 0.3) is 0 Å². The van der Waals surface area contributed by atoms with Crippen molar-refractivity contribution in [3.8, 4) is 0 Å². The summed E-state index contributed by atoms with van der Waals surface area (Å²) >= 11 is 3.58. The smallest absolute Gasteiger partial charge is 0.0824 e. The van der Waals surface area contributed by atoms with Gasteiger partial charge in [0, 0.05) is 35.4 Å². The molecule has 0 aliphatic carbocycles. The summed E-state index contributed by atoms with van der Waals surface area (Å²) in [5.41, 5.74) is 1.21. The molecule has 15 heavy (non-hydrogen) atoms. The first kappa shape index (κ1) is 9.36. The second-order valence-corrected chi connectivity index (χ2v) is 4.88. The van der Waals surface area contributed by atoms with E-state index in [-0.39, 0.29) is 0 Å². The molecule has 1 fully saturated rings. The third-order valence-corrected chi connectivity index (χ3v) is 3.55. The van der Waals surface area contributed by atoms with Crippen molar-refractivity contribution < 1.29 is 0 Å². The number of nitrogens with zero attached hydrogens (tertiary/aromatic N) is 2. The highest BCUT2D eigenvalue weighted by atomic mass is 79.9. The maximum atomic E-state index is 4.44. The lowest BCUT2D eigenvalue weighted by Crippen LogP contribution is -2.44. The van der Waals surface area contributed by atoms with E-state index in [1.165, 1.54) is 10.9 Å². The van der Waals surface area contributed by atoms with E-state index in [0.29, 0.717) is 0 Å². The third kappa shape index (κ3) is 1.58. The molecule has 1 aliphatic rings. The minimum Gasteiger partial charge on any atom is -0.316 e. The molecular weight excluding hydrogens is 254 g/mol. The highest BCUT2D eigenvalue weighted by molar-refractivity contribution is 9.10. The zero-order chi connectivity index (χ0) is 10.3. The van der Waals surface area contributed by atoms with Crippen LogP contribution >= 0.6 is 15.9 Å². The van der Waals surface area contributed by atoms with Crippen LogP contribution in [-0.4, -0.2) is 22.9 Å². The van der Waals surface area contributed by atoms with Crippen LogP contribution < -0.4 is 5.32 Å². The van der Waals surface area contributed by atoms with E-state index in [0.717, 1.165) is 30.0 Å². The molecule has 3 nitrogen and oxygen atoms in total. The molecule has 2 aromatic rings. The van der Waals surface area contributed by atoms with Crippen LogP contribution in [0.5, 0.6) is 0 Å². The summed E-state index contributed by atoms with van der Waals surface area (Å²) < 4.78 is 3.23. The van der Waals surface area contributed by atoms with Gasteiger partial charge in [-0.2, -0.15) is 5.10 Å². The van der Waals surface area contributed by atoms with Crippen molar-refractivity contribution >= 4 is 26.8 Å². The van der Waals surface area contributed by atoms with Crippen molar-refractivity contribution in [2.75, 3.05) is 13.1 Å². The molecule has 3 rings (SSSR count). The Morgan fingerprint density at radius 2 is 2.33 bits per heavy atom. The van der Waals surface area contributed by atoms with Crippen LogP contribution in [0.4, 0.5) is 0 Å². The minimum absolute atomic E-state index is 0.736. The van der Waals surface area contributed by atoms with Gasteiger partial charge in [0.05, 0.1) is 11.7 Å². The highest BCUT2D eigenvalue weighted by Gasteiger charge is 2.18. The summed E-state index contributed by atoms with van der Waals surface area (Å²) in [7, 11) is 0. The summed E-state index contributed by atoms with van der Waals surface area (Å²) in [6.07, 6.45) is 1.94. The van der Waals surface area contributed by atoms with Gasteiger partial charge in [0.1, 0.15) is 0 Å². The van der Waals surface area contributed by atoms with Gasteiger partial charge in [0.2, 0.25) is 0 Å². The van der Waals surface area contributed by atoms with E-state index in [4.69, 9.17) is 0 Å². The fraction of sp³-hybridized carbons (Fsp3) is 0.364. The number of hydrogen-bond donors (Lipinski definition) is 1. The molecule has 2 heterocycles. The summed E-state index contributed by atoms with van der Waals surface area (Å²) in [5.74, 6) is 0.736. The summed E-state index contributed by atoms with van der Waals surface area (Å²) in [6, 6.07) is 6.21. The van der Waals surface area contributed by atoms with Gasteiger partial charge in [-0.1, -0.05) is 12.1 Å². The van der Waals surface area contributed by atoms with Gasteiger partial charge in [-0.25, -0.2) is 0 Å². The number of nitrogens with one attached hydrogen (secondary N) is 1. The predicted molar refractivity (Wildman–Crippen MR) is 63.8 cm³/mol. The molecular formula is C11H12BrN3. The quantitative estimate of drug-likeness (QED) is 0.901. The van der Waals surface area contributed by atoms with Gasteiger partial charge in [-0.3, -0.25) is 4.68 Å². The molecule has 0 unspecified atom stereocenters. The zero-order valence-corrected chi connectivity index (χ0v) is 9.87. The van der Waals surface area contributed by atoms with E-state index in [1.807, 2.05) is 12.3 Å². The van der Waals surface area contributed by atoms with Gasteiger partial charge >= 0.3 is 0 Å². The summed E-state index contributed by atoms with van der Waals surface area (Å²) in [4.78, 5) is 0. The summed E-state index contributed by atoms with van der Waals surface area (Å²) in [5, 5.41) is 8.93. The molecule has 1 aromatic carbocycles. The predicted octanol–water partition coefficient (Wildman–Crippen LogP) is 2.02. The fourth-order valence-corrected chi connectivity index (χ4v) is 2.54. The number of fused-ring (bicyclic) bond motifs is 1. The SMILES string of the molecule is Brc1cccc2cnn(CC3CNC3)c12. The van der Waals surface area contributed by atoms with Crippen molar-refractivity contribution in [1.29, 1.82) is 0 Å². The van der Waals surface area contributed by atoms with Gasteiger partial charge < -0.3 is 5.32 Å². The first-order chi connectivity index (χ1) is 7.34. The van der Waals surface area contributed by atoms with Crippen molar-refractivity contribution in [1.82, 2.24) is 15.1 Å². The van der Waals surface area contributed by atoms with Gasteiger partial charge in [-0.15, -0.1) is 0 Å². The van der Waals surface area contributed by atoms with Gasteiger partial charge in [-0.05, 0) is 22.0 Å². The highest BCUT2D eigenvalue weighted by Crippen LogP contribution is 2.24. The largest absolute Gasteiger partial charge is 0.316 e. The van der Waals surface area contributed by atoms with Crippen LogP contribution in [0.2, 0.25) is 0 Å². The van der Waals surface area contributed by atoms with Crippen molar-refractivity contribution in [3.05, 3.63) is 28.9 Å². The number of benzene rings is 1. The van der Waals surface area contributed by atoms with Crippen LogP contribution in [0.3, 0.4) is 0 Å². The second kappa shape index (κ2) is 3.61. The molecule has 1 aliphatic heterocycles. The van der Waals surface area contributed by atoms with Crippen LogP contribution in [0.25, 0.3) is 10.9 Å². The van der Waals surface area contributed by atoms with Crippen molar-refractivity contribution in [2.45, 2.75) is 6.54 Å². The van der Waals surface area contributed by atoms with E-state index >= 15 is 0 Å². The Morgan fingerprint density at radius 1 is 1.47 bits per heavy atom. The van der Waals surface area contributed by atoms with Crippen LogP contribution in [0, 0.1) is 5.92 Å². The lowest BCUT2D eigenvalue weighted by Gasteiger charge is -2.27. The molecule has 0 amide bonds. The molecule has 0 spiro atoms. The Morgan fingerprint density at radius 3 is 3.07 bits per heavy atom. The normalized spacial score (nSPS) is 16.9. The maximum Gasteiger partial charge on any atom is 0.0824 e. The number of rotatable bonds is 2. The Labute approximate surface area is 96.6 Å². The molecule has 4 heteroatoms. The monoisotopic (exact) mass is 265 g/mol. The second-order valence-electron chi connectivity index (χ2n) is 4.03. The Bertz CT molecular complexity index is 488. The average molecular weight is 266 g/mol. The van der Waals surface area contributed by atoms with Gasteiger partial charge in [0.15, 0.2) is 0 Å². The number of aromatic nitrogens is 2. The van der Waals surface area contributed by atoms with Crippen LogP contribution in [0.1, 0.15) is 0 Å². The lowest BCUT2D eigenvalue weighted by atomic mass is 10.0. The van der Waals surface area contributed by atoms with E-state index in [9.17, 15) is 0 Å². The first-order valence-electron chi connectivity index (χ1n) is 5.15. The average Bonchev–Trinajstić information content (AvgIpc) is 2.56. The van der Waals surface area contributed by atoms with Crippen molar-refractivity contribution in [3.63, 3.8) is 0 Å². The fourth-order valence-electron chi connectivity index (χ4n) is 1.96. The molecule has 0 saturated carbocycles. The van der Waals surface area contributed by atoms with E-state index in [1.54, 1.807) is 0 Å². The Balaban J connectivity index is 2.02. The van der Waals surface area contributed by atoms with Crippen LogP contribution in [-0.2, 0) is 6.54 Å². The standard InChI is InChI=1S/C11H12BrN3/c12-10-3-1-2-9-6-14-15(11(9)10)7-8-4-13-5-8/h1-3,6,8,13H,4-5,7H2. The summed E-state index contributed by atoms with van der Waals surface area (Å²) in [6.45, 7) is 3.25. The Kier molecular flexibility index (Phi) is 2.25. The Hall–Kier alpha value is -0.870. The number of hydrogen-bond acceptors (Lipinski definition) is 2.